The lowest BCUT2D eigenvalue weighted by atomic mass is 10.1. The molecule has 0 aliphatic carbocycles. The second-order valence-corrected chi connectivity index (χ2v) is 6.24. The summed E-state index contributed by atoms with van der Waals surface area (Å²) in [5.74, 6) is 0.374. The zero-order chi connectivity index (χ0) is 10.9. The quantitative estimate of drug-likeness (QED) is 0.841. The zero-order valence-corrected chi connectivity index (χ0v) is 9.60. The molecule has 4 heteroatoms. The monoisotopic (exact) mass is 225 g/mol. The first-order valence-corrected chi connectivity index (χ1v) is 6.94. The second kappa shape index (κ2) is 3.94. The van der Waals surface area contributed by atoms with Crippen molar-refractivity contribution < 1.29 is 8.42 Å². The van der Waals surface area contributed by atoms with E-state index in [1.807, 2.05) is 18.2 Å². The summed E-state index contributed by atoms with van der Waals surface area (Å²) in [5.41, 5.74) is 3.42. The molecule has 1 aromatic carbocycles. The molecule has 0 spiro atoms. The van der Waals surface area contributed by atoms with E-state index in [0.29, 0.717) is 0 Å². The molecule has 0 atom stereocenters. The molecule has 0 aromatic heterocycles. The standard InChI is InChI=1S/C11H15NO2S/c1-2-15(13,14)8-9-3-4-10-6-12-7-11(10)5-9/h3-5,12H,2,6-8H2,1H3. The van der Waals surface area contributed by atoms with Crippen LogP contribution in [-0.4, -0.2) is 14.2 Å². The molecule has 0 saturated carbocycles. The molecular weight excluding hydrogens is 210 g/mol. The van der Waals surface area contributed by atoms with Gasteiger partial charge in [-0.3, -0.25) is 0 Å². The highest BCUT2D eigenvalue weighted by Gasteiger charge is 2.13. The normalized spacial score (nSPS) is 15.3. The molecule has 0 bridgehead atoms. The molecule has 1 aliphatic rings. The molecule has 82 valence electrons. The highest BCUT2D eigenvalue weighted by atomic mass is 32.2. The van der Waals surface area contributed by atoms with Gasteiger partial charge < -0.3 is 5.32 Å². The molecule has 1 aliphatic heterocycles. The van der Waals surface area contributed by atoms with Crippen LogP contribution in [0.3, 0.4) is 0 Å². The lowest BCUT2D eigenvalue weighted by molar-refractivity contribution is 0.596. The molecule has 0 unspecified atom stereocenters. The van der Waals surface area contributed by atoms with Crippen molar-refractivity contribution >= 4 is 9.84 Å². The van der Waals surface area contributed by atoms with E-state index in [1.165, 1.54) is 11.1 Å². The number of hydrogen-bond acceptors (Lipinski definition) is 3. The van der Waals surface area contributed by atoms with Crippen LogP contribution in [0.15, 0.2) is 18.2 Å². The summed E-state index contributed by atoms with van der Waals surface area (Å²) in [6.45, 7) is 3.44. The fourth-order valence-corrected chi connectivity index (χ4v) is 2.69. The van der Waals surface area contributed by atoms with Crippen molar-refractivity contribution in [3.63, 3.8) is 0 Å². The molecule has 1 aromatic rings. The lowest BCUT2D eigenvalue weighted by Crippen LogP contribution is -2.06. The summed E-state index contributed by atoms with van der Waals surface area (Å²) in [6, 6.07) is 5.94. The Balaban J connectivity index is 2.24. The minimum Gasteiger partial charge on any atom is -0.309 e. The van der Waals surface area contributed by atoms with Crippen molar-refractivity contribution in [3.8, 4) is 0 Å². The maximum absolute atomic E-state index is 11.5. The highest BCUT2D eigenvalue weighted by Crippen LogP contribution is 2.18. The SMILES string of the molecule is CCS(=O)(=O)Cc1ccc2c(c1)CNC2. The van der Waals surface area contributed by atoms with Crippen LogP contribution in [0.5, 0.6) is 0 Å². The predicted octanol–water partition coefficient (Wildman–Crippen LogP) is 1.22. The summed E-state index contributed by atoms with van der Waals surface area (Å²) in [6.07, 6.45) is 0. The van der Waals surface area contributed by atoms with E-state index in [0.717, 1.165) is 18.7 Å². The Labute approximate surface area is 90.4 Å². The first-order chi connectivity index (χ1) is 7.11. The average molecular weight is 225 g/mol. The van der Waals surface area contributed by atoms with Crippen molar-refractivity contribution in [2.75, 3.05) is 5.75 Å². The van der Waals surface area contributed by atoms with Crippen molar-refractivity contribution in [1.29, 1.82) is 0 Å². The van der Waals surface area contributed by atoms with Gasteiger partial charge in [-0.2, -0.15) is 0 Å². The van der Waals surface area contributed by atoms with Crippen LogP contribution in [0, 0.1) is 0 Å². The molecular formula is C11H15NO2S. The Bertz CT molecular complexity index is 465. The van der Waals surface area contributed by atoms with E-state index >= 15 is 0 Å². The van der Waals surface area contributed by atoms with Gasteiger partial charge in [0.15, 0.2) is 9.84 Å². The molecule has 2 rings (SSSR count). The number of benzene rings is 1. The van der Waals surface area contributed by atoms with Gasteiger partial charge in [0.25, 0.3) is 0 Å². The van der Waals surface area contributed by atoms with Gasteiger partial charge in [0.2, 0.25) is 0 Å². The van der Waals surface area contributed by atoms with Crippen molar-refractivity contribution in [3.05, 3.63) is 34.9 Å². The van der Waals surface area contributed by atoms with E-state index in [1.54, 1.807) is 6.92 Å². The molecule has 15 heavy (non-hydrogen) atoms. The van der Waals surface area contributed by atoms with E-state index in [4.69, 9.17) is 0 Å². The van der Waals surface area contributed by atoms with Gasteiger partial charge >= 0.3 is 0 Å². The summed E-state index contributed by atoms with van der Waals surface area (Å²) < 4.78 is 22.9. The third-order valence-corrected chi connectivity index (χ3v) is 4.38. The first-order valence-electron chi connectivity index (χ1n) is 5.12. The molecule has 0 saturated heterocycles. The fraction of sp³-hybridized carbons (Fsp3) is 0.455. The van der Waals surface area contributed by atoms with Crippen molar-refractivity contribution in [2.24, 2.45) is 0 Å². The molecule has 3 nitrogen and oxygen atoms in total. The Morgan fingerprint density at radius 1 is 1.27 bits per heavy atom. The number of hydrogen-bond donors (Lipinski definition) is 1. The minimum absolute atomic E-state index is 0.163. The fourth-order valence-electron chi connectivity index (χ4n) is 1.79. The van der Waals surface area contributed by atoms with E-state index in [2.05, 4.69) is 5.32 Å². The lowest BCUT2D eigenvalue weighted by Gasteiger charge is -2.04. The Morgan fingerprint density at radius 2 is 2.00 bits per heavy atom. The van der Waals surface area contributed by atoms with Crippen LogP contribution < -0.4 is 5.32 Å². The van der Waals surface area contributed by atoms with Gasteiger partial charge in [0, 0.05) is 18.8 Å². The molecule has 1 N–H and O–H groups in total. The largest absolute Gasteiger partial charge is 0.309 e. The molecule has 0 amide bonds. The summed E-state index contributed by atoms with van der Waals surface area (Å²) in [5, 5.41) is 3.24. The van der Waals surface area contributed by atoms with E-state index < -0.39 is 9.84 Å². The van der Waals surface area contributed by atoms with Crippen LogP contribution in [0.25, 0.3) is 0 Å². The third-order valence-electron chi connectivity index (χ3n) is 2.73. The van der Waals surface area contributed by atoms with Crippen molar-refractivity contribution in [2.45, 2.75) is 25.8 Å². The van der Waals surface area contributed by atoms with Gasteiger partial charge in [-0.1, -0.05) is 25.1 Å². The predicted molar refractivity (Wildman–Crippen MR) is 60.2 cm³/mol. The average Bonchev–Trinajstić information content (AvgIpc) is 2.64. The van der Waals surface area contributed by atoms with Crippen LogP contribution in [0.1, 0.15) is 23.6 Å². The Hall–Kier alpha value is -0.870. The van der Waals surface area contributed by atoms with Crippen LogP contribution in [0.4, 0.5) is 0 Å². The minimum atomic E-state index is -2.91. The topological polar surface area (TPSA) is 46.2 Å². The van der Waals surface area contributed by atoms with Gasteiger partial charge in [0.05, 0.1) is 5.75 Å². The second-order valence-electron chi connectivity index (χ2n) is 3.88. The number of nitrogens with one attached hydrogen (secondary N) is 1. The summed E-state index contributed by atoms with van der Waals surface area (Å²) >= 11 is 0. The van der Waals surface area contributed by atoms with E-state index in [-0.39, 0.29) is 11.5 Å². The van der Waals surface area contributed by atoms with Crippen LogP contribution in [-0.2, 0) is 28.7 Å². The summed E-state index contributed by atoms with van der Waals surface area (Å²) in [7, 11) is -2.91. The Kier molecular flexibility index (Phi) is 2.80. The van der Waals surface area contributed by atoms with Gasteiger partial charge in [-0.15, -0.1) is 0 Å². The van der Waals surface area contributed by atoms with Crippen molar-refractivity contribution in [1.82, 2.24) is 5.32 Å². The van der Waals surface area contributed by atoms with Gasteiger partial charge in [0.1, 0.15) is 0 Å². The Morgan fingerprint density at radius 3 is 2.73 bits per heavy atom. The maximum Gasteiger partial charge on any atom is 0.154 e. The molecule has 1 heterocycles. The van der Waals surface area contributed by atoms with Crippen LogP contribution in [0.2, 0.25) is 0 Å². The number of fused-ring (bicyclic) bond motifs is 1. The maximum atomic E-state index is 11.5. The van der Waals surface area contributed by atoms with E-state index in [9.17, 15) is 8.42 Å². The van der Waals surface area contributed by atoms with Gasteiger partial charge in [-0.05, 0) is 16.7 Å². The smallest absolute Gasteiger partial charge is 0.154 e. The highest BCUT2D eigenvalue weighted by molar-refractivity contribution is 7.90. The van der Waals surface area contributed by atoms with Gasteiger partial charge in [-0.25, -0.2) is 8.42 Å². The number of rotatable bonds is 3. The number of sulfone groups is 1. The summed E-state index contributed by atoms with van der Waals surface area (Å²) in [4.78, 5) is 0. The first kappa shape index (κ1) is 10.6. The molecule has 0 fully saturated rings. The molecule has 0 radical (unpaired) electrons. The third kappa shape index (κ3) is 2.38. The van der Waals surface area contributed by atoms with Crippen LogP contribution >= 0.6 is 0 Å². The zero-order valence-electron chi connectivity index (χ0n) is 8.79.